The number of unbranched alkanes of at least 4 members (excludes halogenated alkanes) is 1. The minimum absolute atomic E-state index is 1.11. The van der Waals surface area contributed by atoms with Gasteiger partial charge in [-0.25, -0.2) is 0 Å². The van der Waals surface area contributed by atoms with E-state index in [-0.39, 0.29) is 0 Å². The third-order valence-electron chi connectivity index (χ3n) is 2.52. The van der Waals surface area contributed by atoms with Crippen LogP contribution in [-0.2, 0) is 6.42 Å². The van der Waals surface area contributed by atoms with Crippen molar-refractivity contribution in [2.24, 2.45) is 0 Å². The zero-order valence-electron chi connectivity index (χ0n) is 8.09. The summed E-state index contributed by atoms with van der Waals surface area (Å²) >= 11 is 3.46. The number of halogens is 1. The van der Waals surface area contributed by atoms with Crippen LogP contribution in [-0.4, -0.2) is 10.3 Å². The number of rotatable bonds is 4. The number of nitrogens with one attached hydrogen (secondary N) is 1. The molecule has 1 aromatic heterocycles. The Kier molecular flexibility index (Phi) is 3.25. The largest absolute Gasteiger partial charge is 0.361 e. The van der Waals surface area contributed by atoms with Gasteiger partial charge in [0, 0.05) is 22.4 Å². The van der Waals surface area contributed by atoms with Crippen molar-refractivity contribution in [2.75, 3.05) is 5.33 Å². The van der Waals surface area contributed by atoms with Gasteiger partial charge in [-0.15, -0.1) is 0 Å². The smallest absolute Gasteiger partial charge is 0.0456 e. The second-order valence-electron chi connectivity index (χ2n) is 3.50. The molecule has 0 radical (unpaired) electrons. The fourth-order valence-electron chi connectivity index (χ4n) is 1.78. The maximum Gasteiger partial charge on any atom is 0.0456 e. The number of H-pyrrole nitrogens is 1. The lowest BCUT2D eigenvalue weighted by Crippen LogP contribution is -1.86. The van der Waals surface area contributed by atoms with E-state index >= 15 is 0 Å². The molecule has 0 aliphatic rings. The summed E-state index contributed by atoms with van der Waals surface area (Å²) in [7, 11) is 0. The van der Waals surface area contributed by atoms with Gasteiger partial charge in [-0.05, 0) is 37.0 Å². The van der Waals surface area contributed by atoms with Crippen molar-refractivity contribution in [3.8, 4) is 0 Å². The summed E-state index contributed by atoms with van der Waals surface area (Å²) in [5.74, 6) is 0. The molecular weight excluding hydrogens is 238 g/mol. The zero-order valence-corrected chi connectivity index (χ0v) is 9.68. The van der Waals surface area contributed by atoms with Gasteiger partial charge >= 0.3 is 0 Å². The van der Waals surface area contributed by atoms with Gasteiger partial charge in [0.1, 0.15) is 0 Å². The summed E-state index contributed by atoms with van der Waals surface area (Å²) in [5.41, 5.74) is 2.71. The number of aryl methyl sites for hydroxylation is 1. The molecule has 1 aromatic carbocycles. The molecule has 0 spiro atoms. The second-order valence-corrected chi connectivity index (χ2v) is 4.30. The zero-order chi connectivity index (χ0) is 9.80. The predicted octanol–water partition coefficient (Wildman–Crippen LogP) is 3.89. The van der Waals surface area contributed by atoms with E-state index in [2.05, 4.69) is 45.2 Å². The van der Waals surface area contributed by atoms with Crippen LogP contribution in [0, 0.1) is 0 Å². The van der Waals surface area contributed by atoms with E-state index in [1.165, 1.54) is 35.7 Å². The van der Waals surface area contributed by atoms with E-state index in [1.807, 2.05) is 6.20 Å². The highest BCUT2D eigenvalue weighted by Crippen LogP contribution is 2.19. The van der Waals surface area contributed by atoms with Gasteiger partial charge in [-0.1, -0.05) is 28.1 Å². The molecular formula is C12H14BrN. The van der Waals surface area contributed by atoms with Crippen molar-refractivity contribution in [3.05, 3.63) is 36.0 Å². The molecule has 2 heteroatoms. The van der Waals surface area contributed by atoms with Crippen LogP contribution in [0.5, 0.6) is 0 Å². The van der Waals surface area contributed by atoms with Crippen LogP contribution in [0.1, 0.15) is 18.4 Å². The lowest BCUT2D eigenvalue weighted by atomic mass is 10.0. The molecule has 74 valence electrons. The van der Waals surface area contributed by atoms with Crippen LogP contribution in [0.2, 0.25) is 0 Å². The van der Waals surface area contributed by atoms with Crippen LogP contribution >= 0.6 is 15.9 Å². The van der Waals surface area contributed by atoms with Gasteiger partial charge in [-0.2, -0.15) is 0 Å². The van der Waals surface area contributed by atoms with Gasteiger partial charge in [0.05, 0.1) is 0 Å². The molecule has 2 rings (SSSR count). The molecule has 2 aromatic rings. The summed E-state index contributed by atoms with van der Waals surface area (Å²) in [4.78, 5) is 3.24. The van der Waals surface area contributed by atoms with Gasteiger partial charge in [-0.3, -0.25) is 0 Å². The van der Waals surface area contributed by atoms with Crippen molar-refractivity contribution in [3.63, 3.8) is 0 Å². The van der Waals surface area contributed by atoms with Crippen LogP contribution in [0.15, 0.2) is 30.5 Å². The topological polar surface area (TPSA) is 15.8 Å². The van der Waals surface area contributed by atoms with Crippen LogP contribution < -0.4 is 0 Å². The minimum Gasteiger partial charge on any atom is -0.361 e. The molecule has 0 saturated heterocycles. The number of benzene rings is 1. The Morgan fingerprint density at radius 3 is 2.93 bits per heavy atom. The summed E-state index contributed by atoms with van der Waals surface area (Å²) in [6.07, 6.45) is 5.70. The number of aromatic amines is 1. The predicted molar refractivity (Wildman–Crippen MR) is 65.0 cm³/mol. The van der Waals surface area contributed by atoms with E-state index in [9.17, 15) is 0 Å². The molecule has 1 N–H and O–H groups in total. The van der Waals surface area contributed by atoms with E-state index in [0.29, 0.717) is 0 Å². The normalized spacial score (nSPS) is 10.9. The number of fused-ring (bicyclic) bond motifs is 1. The molecule has 0 unspecified atom stereocenters. The fourth-order valence-corrected chi connectivity index (χ4v) is 2.17. The fraction of sp³-hybridized carbons (Fsp3) is 0.333. The second kappa shape index (κ2) is 4.65. The summed E-state index contributed by atoms with van der Waals surface area (Å²) in [5, 5.41) is 2.48. The van der Waals surface area contributed by atoms with Gasteiger partial charge in [0.25, 0.3) is 0 Å². The Hall–Kier alpha value is -0.760. The Morgan fingerprint density at radius 2 is 2.07 bits per heavy atom. The highest BCUT2D eigenvalue weighted by Gasteiger charge is 2.00. The van der Waals surface area contributed by atoms with E-state index in [1.54, 1.807) is 0 Å². The Labute approximate surface area is 92.6 Å². The highest BCUT2D eigenvalue weighted by molar-refractivity contribution is 9.09. The molecule has 1 heterocycles. The molecule has 1 nitrogen and oxygen atoms in total. The molecule has 0 aliphatic carbocycles. The lowest BCUT2D eigenvalue weighted by molar-refractivity contribution is 0.810. The molecule has 0 fully saturated rings. The van der Waals surface area contributed by atoms with E-state index in [0.717, 1.165) is 5.33 Å². The van der Waals surface area contributed by atoms with Crippen LogP contribution in [0.3, 0.4) is 0 Å². The van der Waals surface area contributed by atoms with Gasteiger partial charge in [0.15, 0.2) is 0 Å². The van der Waals surface area contributed by atoms with Crippen molar-refractivity contribution in [1.29, 1.82) is 0 Å². The highest BCUT2D eigenvalue weighted by atomic mass is 79.9. The number of aromatic nitrogens is 1. The first kappa shape index (κ1) is 9.78. The molecule has 14 heavy (non-hydrogen) atoms. The van der Waals surface area contributed by atoms with Crippen LogP contribution in [0.4, 0.5) is 0 Å². The SMILES string of the molecule is BrCCCCc1cccc2[nH]ccc12. The molecule has 0 aliphatic heterocycles. The van der Waals surface area contributed by atoms with Crippen molar-refractivity contribution < 1.29 is 0 Å². The maximum absolute atomic E-state index is 3.46. The summed E-state index contributed by atoms with van der Waals surface area (Å²) < 4.78 is 0. The third-order valence-corrected chi connectivity index (χ3v) is 3.08. The van der Waals surface area contributed by atoms with E-state index in [4.69, 9.17) is 0 Å². The van der Waals surface area contributed by atoms with Gasteiger partial charge in [0.2, 0.25) is 0 Å². The first-order chi connectivity index (χ1) is 6.92. The van der Waals surface area contributed by atoms with Crippen molar-refractivity contribution >= 4 is 26.8 Å². The number of hydrogen-bond donors (Lipinski definition) is 1. The molecule has 0 bridgehead atoms. The average Bonchev–Trinajstić information content (AvgIpc) is 2.67. The number of alkyl halides is 1. The average molecular weight is 252 g/mol. The maximum atomic E-state index is 3.46. The third kappa shape index (κ3) is 2.01. The van der Waals surface area contributed by atoms with Gasteiger partial charge < -0.3 is 4.98 Å². The Bertz CT molecular complexity index is 405. The Balaban J connectivity index is 2.19. The first-order valence-corrected chi connectivity index (χ1v) is 6.15. The lowest BCUT2D eigenvalue weighted by Gasteiger charge is -2.01. The molecule has 0 saturated carbocycles. The number of hydrogen-bond acceptors (Lipinski definition) is 0. The molecule has 0 atom stereocenters. The first-order valence-electron chi connectivity index (χ1n) is 5.03. The van der Waals surface area contributed by atoms with E-state index < -0.39 is 0 Å². The summed E-state index contributed by atoms with van der Waals surface area (Å²) in [6.45, 7) is 0. The summed E-state index contributed by atoms with van der Waals surface area (Å²) in [6, 6.07) is 8.65. The minimum atomic E-state index is 1.11. The van der Waals surface area contributed by atoms with Crippen molar-refractivity contribution in [2.45, 2.75) is 19.3 Å². The standard InChI is InChI=1S/C12H14BrN/c13-8-2-1-4-10-5-3-6-12-11(10)7-9-14-12/h3,5-7,9,14H,1-2,4,8H2. The molecule has 0 amide bonds. The van der Waals surface area contributed by atoms with Crippen molar-refractivity contribution in [1.82, 2.24) is 4.98 Å². The van der Waals surface area contributed by atoms with Crippen LogP contribution in [0.25, 0.3) is 10.9 Å². The quantitative estimate of drug-likeness (QED) is 0.627. The Morgan fingerprint density at radius 1 is 1.14 bits per heavy atom. The monoisotopic (exact) mass is 251 g/mol.